The molecule has 4 heteroatoms. The number of anilines is 6. The first-order valence-electron chi connectivity index (χ1n) is 42.4. The zero-order chi connectivity index (χ0) is 81.8. The first kappa shape index (κ1) is 50.4. The molecule has 0 bridgehead atoms. The predicted octanol–water partition coefficient (Wildman–Crippen LogP) is 25.7. The standard InChI is InChI=1S/C100H80BN3/c1-98(2,3)71-56-81(64-31-15-11-16-32-64)96(83(58-71)79-43-27-37-68-49-47-66-35-19-21-39-75(66)93(68)79)103-89-54-51-70(63-29-13-10-14-30-63)55-86(89)101-85-53-52-74(102-87-45-25-23-41-77(87)78-42-24-26-46-88(78)102)62-90(85)104(92-61-73(100(7,8)9)60-91(103)95(92)101)97-82(65-33-17-12-18-34-65)57-72(99(4,5)6)59-84(97)80-44-28-38-69-50-48-67-36-20-22-40-76(67)94(69)80/h10-62H,1-9H3/i10D,13D,14D,23D,24D,25D,26D,29D,30D,41D,42D,45D,46D. The Morgan fingerprint density at radius 2 is 0.731 bits per heavy atom. The SMILES string of the molecule is [2H]c1c([2H])c([2H])c(-c2ccc3c(c2)B2c4ccc(-n5c6c([2H])c([2H])c([2H])c([2H])c6c6c([2H])c([2H])c([2H])c([2H])c65)cc4N(c4c(-c5ccccc5)cc(C(C)(C)C)cc4-c4cccc5ccc6ccccc6c45)c4cc(C(C)(C)C)cc(c42)N3c2c(-c3ccccc3)cc(C(C)(C)C)cc2-c2cccc3ccc4ccccc4c23)c([2H])c1[2H]. The summed E-state index contributed by atoms with van der Waals surface area (Å²) in [4.78, 5) is 4.85. The smallest absolute Gasteiger partial charge is 0.252 e. The summed E-state index contributed by atoms with van der Waals surface area (Å²) in [7, 11) is 0. The average Bonchev–Trinajstić information content (AvgIpc) is 1.01. The highest BCUT2D eigenvalue weighted by molar-refractivity contribution is 7.00. The molecule has 2 aliphatic rings. The van der Waals surface area contributed by atoms with E-state index in [-0.39, 0.29) is 39.5 Å². The van der Waals surface area contributed by atoms with Gasteiger partial charge in [0.15, 0.2) is 0 Å². The molecule has 0 fully saturated rings. The Labute approximate surface area is 628 Å². The summed E-state index contributed by atoms with van der Waals surface area (Å²) in [6.45, 7) is 19.4. The Morgan fingerprint density at radius 1 is 0.288 bits per heavy atom. The van der Waals surface area contributed by atoms with Crippen molar-refractivity contribution >= 4 is 122 Å². The van der Waals surface area contributed by atoms with Crippen LogP contribution in [0.1, 0.15) is 96.8 Å². The first-order valence-corrected chi connectivity index (χ1v) is 35.9. The van der Waals surface area contributed by atoms with Crippen molar-refractivity contribution in [1.29, 1.82) is 0 Å². The molecule has 0 spiro atoms. The summed E-state index contributed by atoms with van der Waals surface area (Å²) in [5.74, 6) is 0. The van der Waals surface area contributed by atoms with Gasteiger partial charge in [-0.3, -0.25) is 0 Å². The highest BCUT2D eigenvalue weighted by Crippen LogP contribution is 2.57. The molecule has 0 saturated heterocycles. The van der Waals surface area contributed by atoms with Crippen molar-refractivity contribution in [3.05, 3.63) is 338 Å². The summed E-state index contributed by atoms with van der Waals surface area (Å²) in [5.41, 5.74) is 16.8. The lowest BCUT2D eigenvalue weighted by molar-refractivity contribution is 0.590. The van der Waals surface area contributed by atoms with Crippen LogP contribution in [-0.4, -0.2) is 11.3 Å². The fourth-order valence-corrected chi connectivity index (χ4v) is 16.5. The van der Waals surface area contributed by atoms with E-state index in [9.17, 15) is 13.7 Å². The van der Waals surface area contributed by atoms with E-state index < -0.39 is 89.4 Å². The molecular weight excluding hydrogens is 1250 g/mol. The maximum atomic E-state index is 9.96. The van der Waals surface area contributed by atoms with Crippen molar-refractivity contribution < 1.29 is 17.8 Å². The summed E-state index contributed by atoms with van der Waals surface area (Å²) < 4.78 is 125. The molecule has 0 N–H and O–H groups in total. The van der Waals surface area contributed by atoms with Crippen molar-refractivity contribution in [3.8, 4) is 61.3 Å². The molecule has 0 radical (unpaired) electrons. The molecule has 19 rings (SSSR count). The number of benzene rings is 16. The van der Waals surface area contributed by atoms with E-state index in [1.165, 1.54) is 0 Å². The minimum absolute atomic E-state index is 0.0273. The van der Waals surface area contributed by atoms with Crippen molar-refractivity contribution in [2.75, 3.05) is 9.80 Å². The van der Waals surface area contributed by atoms with E-state index in [1.807, 2.05) is 36.4 Å². The number of hydrogen-bond acceptors (Lipinski definition) is 2. The van der Waals surface area contributed by atoms with E-state index >= 15 is 0 Å². The Kier molecular flexibility index (Phi) is 11.5. The van der Waals surface area contributed by atoms with Crippen LogP contribution in [-0.2, 0) is 16.2 Å². The monoisotopic (exact) mass is 1350 g/mol. The molecule has 0 atom stereocenters. The molecule has 0 aliphatic carbocycles. The molecule has 0 amide bonds. The van der Waals surface area contributed by atoms with Gasteiger partial charge in [0.25, 0.3) is 6.71 Å². The van der Waals surface area contributed by atoms with Crippen molar-refractivity contribution in [2.24, 2.45) is 0 Å². The normalized spacial score (nSPS) is 14.7. The molecular formula is C100H80BN3. The molecule has 17 aromatic rings. The Bertz CT molecular complexity index is 7090. The van der Waals surface area contributed by atoms with Gasteiger partial charge >= 0.3 is 0 Å². The fourth-order valence-electron chi connectivity index (χ4n) is 16.5. The van der Waals surface area contributed by atoms with Crippen LogP contribution in [0.2, 0.25) is 0 Å². The van der Waals surface area contributed by atoms with Crippen LogP contribution >= 0.6 is 0 Å². The summed E-state index contributed by atoms with van der Waals surface area (Å²) >= 11 is 0. The molecule has 16 aromatic carbocycles. The van der Waals surface area contributed by atoms with Gasteiger partial charge in [-0.1, -0.05) is 317 Å². The van der Waals surface area contributed by atoms with E-state index in [4.69, 9.17) is 4.11 Å². The highest BCUT2D eigenvalue weighted by Gasteiger charge is 2.47. The van der Waals surface area contributed by atoms with Crippen LogP contribution in [0.25, 0.3) is 126 Å². The van der Waals surface area contributed by atoms with Gasteiger partial charge in [0, 0.05) is 61.5 Å². The summed E-state index contributed by atoms with van der Waals surface area (Å²) in [6.07, 6.45) is 0. The molecule has 2 aliphatic heterocycles. The van der Waals surface area contributed by atoms with Gasteiger partial charge < -0.3 is 14.4 Å². The van der Waals surface area contributed by atoms with Crippen LogP contribution in [0.5, 0.6) is 0 Å². The number of fused-ring (bicyclic) bond motifs is 13. The highest BCUT2D eigenvalue weighted by atomic mass is 15.2. The van der Waals surface area contributed by atoms with Gasteiger partial charge in [-0.2, -0.15) is 0 Å². The van der Waals surface area contributed by atoms with Gasteiger partial charge in [-0.15, -0.1) is 0 Å². The van der Waals surface area contributed by atoms with Crippen molar-refractivity contribution in [1.82, 2.24) is 4.57 Å². The minimum Gasteiger partial charge on any atom is -0.310 e. The van der Waals surface area contributed by atoms with Crippen LogP contribution in [0.3, 0.4) is 0 Å². The van der Waals surface area contributed by atoms with E-state index in [0.717, 1.165) is 149 Å². The molecule has 3 heterocycles. The van der Waals surface area contributed by atoms with Crippen LogP contribution in [0, 0.1) is 0 Å². The van der Waals surface area contributed by atoms with E-state index in [1.54, 1.807) is 4.57 Å². The Balaban J connectivity index is 1.06. The van der Waals surface area contributed by atoms with Crippen LogP contribution < -0.4 is 26.2 Å². The third-order valence-electron chi connectivity index (χ3n) is 21.7. The Hall–Kier alpha value is -12.0. The number of aromatic nitrogens is 1. The van der Waals surface area contributed by atoms with Gasteiger partial charge in [0.05, 0.1) is 40.2 Å². The largest absolute Gasteiger partial charge is 0.310 e. The van der Waals surface area contributed by atoms with E-state index in [0.29, 0.717) is 16.9 Å². The maximum absolute atomic E-state index is 9.96. The zero-order valence-corrected chi connectivity index (χ0v) is 59.5. The number of para-hydroxylation sites is 2. The molecule has 1 aromatic heterocycles. The van der Waals surface area contributed by atoms with E-state index in [2.05, 4.69) is 278 Å². The predicted molar refractivity (Wildman–Crippen MR) is 448 cm³/mol. The third kappa shape index (κ3) is 10.1. The second-order valence-corrected chi connectivity index (χ2v) is 31.0. The lowest BCUT2D eigenvalue weighted by atomic mass is 9.33. The fraction of sp³-hybridized carbons (Fsp3) is 0.120. The Morgan fingerprint density at radius 3 is 1.25 bits per heavy atom. The van der Waals surface area contributed by atoms with Gasteiger partial charge in [0.1, 0.15) is 0 Å². The third-order valence-corrected chi connectivity index (χ3v) is 21.7. The second-order valence-electron chi connectivity index (χ2n) is 31.0. The second kappa shape index (κ2) is 23.8. The molecule has 498 valence electrons. The summed E-state index contributed by atoms with van der Waals surface area (Å²) in [5, 5.41) is 8.36. The topological polar surface area (TPSA) is 11.4 Å². The number of nitrogens with zero attached hydrogens (tertiary/aromatic N) is 3. The minimum atomic E-state index is -0.786. The van der Waals surface area contributed by atoms with Crippen molar-refractivity contribution in [2.45, 2.75) is 78.6 Å². The zero-order valence-electron chi connectivity index (χ0n) is 72.5. The van der Waals surface area contributed by atoms with Crippen molar-refractivity contribution in [3.63, 3.8) is 0 Å². The number of rotatable bonds is 8. The summed E-state index contributed by atoms with van der Waals surface area (Å²) in [6, 6.07) is 79.8. The van der Waals surface area contributed by atoms with Crippen LogP contribution in [0.15, 0.2) is 321 Å². The van der Waals surface area contributed by atoms with Gasteiger partial charge in [0.2, 0.25) is 0 Å². The quantitative estimate of drug-likeness (QED) is 0.111. The molecule has 104 heavy (non-hydrogen) atoms. The molecule has 0 unspecified atom stereocenters. The molecule has 3 nitrogen and oxygen atoms in total. The lowest BCUT2D eigenvalue weighted by Crippen LogP contribution is -2.61. The van der Waals surface area contributed by atoms with Gasteiger partial charge in [-0.05, 0) is 192 Å². The lowest BCUT2D eigenvalue weighted by Gasteiger charge is -2.47. The maximum Gasteiger partial charge on any atom is 0.252 e. The van der Waals surface area contributed by atoms with Crippen LogP contribution in [0.4, 0.5) is 34.1 Å². The average molecular weight is 1350 g/mol. The molecule has 0 saturated carbocycles. The van der Waals surface area contributed by atoms with Gasteiger partial charge in [-0.25, -0.2) is 0 Å². The first-order chi connectivity index (χ1) is 55.9. The number of hydrogen-bond donors (Lipinski definition) is 0.